The molecule has 0 aliphatic heterocycles. The number of aromatic nitrogens is 2. The van der Waals surface area contributed by atoms with E-state index in [1.54, 1.807) is 0 Å². The number of aryl methyl sites for hydroxylation is 1. The minimum Gasteiger partial charge on any atom is -0.396 e. The molecule has 0 saturated heterocycles. The Hall–Kier alpha value is -2.50. The molecule has 5 nitrogen and oxygen atoms in total. The van der Waals surface area contributed by atoms with Gasteiger partial charge in [-0.2, -0.15) is 4.98 Å². The molecular weight excluding hydrogens is 316 g/mol. The fourth-order valence-corrected chi connectivity index (χ4v) is 2.51. The van der Waals surface area contributed by atoms with E-state index in [1.165, 1.54) is 5.56 Å². The molecule has 0 amide bonds. The van der Waals surface area contributed by atoms with Gasteiger partial charge >= 0.3 is 0 Å². The molecule has 0 bridgehead atoms. The molecule has 1 N–H and O–H groups in total. The van der Waals surface area contributed by atoms with Crippen molar-refractivity contribution < 1.29 is 14.4 Å². The van der Waals surface area contributed by atoms with Crippen molar-refractivity contribution in [1.29, 1.82) is 0 Å². The molecule has 3 aromatic rings. The van der Waals surface area contributed by atoms with Crippen molar-refractivity contribution in [3.63, 3.8) is 0 Å². The third-order valence-electron chi connectivity index (χ3n) is 3.87. The number of rotatable bonds is 9. The lowest BCUT2D eigenvalue weighted by Gasteiger charge is -2.02. The molecule has 2 aromatic carbocycles. The number of hydrogen-bond acceptors (Lipinski definition) is 5. The highest BCUT2D eigenvalue weighted by atomic mass is 16.5. The maximum absolute atomic E-state index is 8.94. The lowest BCUT2D eigenvalue weighted by Crippen LogP contribution is -1.97. The minimum absolute atomic E-state index is 0.151. The first-order valence-corrected chi connectivity index (χ1v) is 8.49. The van der Waals surface area contributed by atoms with Gasteiger partial charge in [-0.05, 0) is 24.0 Å². The zero-order chi connectivity index (χ0) is 17.3. The number of aliphatic hydroxyl groups excluding tert-OH is 1. The maximum atomic E-state index is 8.94. The summed E-state index contributed by atoms with van der Waals surface area (Å²) in [4.78, 5) is 4.43. The van der Waals surface area contributed by atoms with Gasteiger partial charge in [-0.15, -0.1) is 0 Å². The first-order valence-electron chi connectivity index (χ1n) is 8.49. The number of ether oxygens (including phenoxy) is 1. The Bertz CT molecular complexity index is 754. The van der Waals surface area contributed by atoms with E-state index in [0.29, 0.717) is 37.8 Å². The van der Waals surface area contributed by atoms with Gasteiger partial charge < -0.3 is 14.4 Å². The van der Waals surface area contributed by atoms with Gasteiger partial charge in [0.1, 0.15) is 0 Å². The fourth-order valence-electron chi connectivity index (χ4n) is 2.51. The van der Waals surface area contributed by atoms with Gasteiger partial charge in [0, 0.05) is 25.2 Å². The van der Waals surface area contributed by atoms with Crippen LogP contribution in [0, 0.1) is 0 Å². The summed E-state index contributed by atoms with van der Waals surface area (Å²) >= 11 is 0. The van der Waals surface area contributed by atoms with Gasteiger partial charge in [0.15, 0.2) is 0 Å². The molecule has 0 unspecified atom stereocenters. The van der Waals surface area contributed by atoms with E-state index in [4.69, 9.17) is 14.4 Å². The smallest absolute Gasteiger partial charge is 0.227 e. The van der Waals surface area contributed by atoms with E-state index >= 15 is 0 Å². The van der Waals surface area contributed by atoms with E-state index in [2.05, 4.69) is 22.3 Å². The molecule has 3 rings (SSSR count). The van der Waals surface area contributed by atoms with Gasteiger partial charge in [0.2, 0.25) is 11.7 Å². The van der Waals surface area contributed by atoms with Crippen LogP contribution in [0.5, 0.6) is 0 Å². The first-order chi connectivity index (χ1) is 12.3. The summed E-state index contributed by atoms with van der Waals surface area (Å²) in [6, 6.07) is 18.0. The third kappa shape index (κ3) is 5.24. The Morgan fingerprint density at radius 3 is 2.48 bits per heavy atom. The highest BCUT2D eigenvalue weighted by Crippen LogP contribution is 2.17. The van der Waals surface area contributed by atoms with Gasteiger partial charge in [-0.25, -0.2) is 0 Å². The van der Waals surface area contributed by atoms with Crippen LogP contribution in [-0.4, -0.2) is 28.5 Å². The van der Waals surface area contributed by atoms with Crippen LogP contribution in [0.1, 0.15) is 23.4 Å². The summed E-state index contributed by atoms with van der Waals surface area (Å²) in [5.74, 6) is 1.22. The molecule has 0 aliphatic rings. The van der Waals surface area contributed by atoms with Crippen LogP contribution in [0.25, 0.3) is 11.4 Å². The van der Waals surface area contributed by atoms with E-state index < -0.39 is 0 Å². The Kier molecular flexibility index (Phi) is 6.31. The summed E-state index contributed by atoms with van der Waals surface area (Å²) < 4.78 is 11.0. The summed E-state index contributed by atoms with van der Waals surface area (Å²) in [7, 11) is 0. The molecule has 1 aromatic heterocycles. The van der Waals surface area contributed by atoms with Crippen LogP contribution >= 0.6 is 0 Å². The topological polar surface area (TPSA) is 68.4 Å². The van der Waals surface area contributed by atoms with Crippen molar-refractivity contribution in [1.82, 2.24) is 10.1 Å². The van der Waals surface area contributed by atoms with Crippen LogP contribution in [0.4, 0.5) is 0 Å². The standard InChI is InChI=1S/C20H22N2O3/c23-13-12-16-8-10-18(11-9-16)20-21-19(25-22-20)7-4-14-24-15-17-5-2-1-3-6-17/h1-3,5-6,8-11,23H,4,7,12-15H2. The first kappa shape index (κ1) is 17.3. The lowest BCUT2D eigenvalue weighted by molar-refractivity contribution is 0.117. The Balaban J connectivity index is 1.43. The summed E-state index contributed by atoms with van der Waals surface area (Å²) in [6.45, 7) is 1.43. The minimum atomic E-state index is 0.151. The molecule has 0 radical (unpaired) electrons. The van der Waals surface area contributed by atoms with Crippen LogP contribution < -0.4 is 0 Å². The van der Waals surface area contributed by atoms with Crippen LogP contribution in [0.3, 0.4) is 0 Å². The normalized spacial score (nSPS) is 10.9. The van der Waals surface area contributed by atoms with Gasteiger partial charge in [-0.3, -0.25) is 0 Å². The molecule has 0 aliphatic carbocycles. The highest BCUT2D eigenvalue weighted by Gasteiger charge is 2.08. The molecule has 5 heteroatoms. The quantitative estimate of drug-likeness (QED) is 0.606. The molecule has 130 valence electrons. The molecular formula is C20H22N2O3. The van der Waals surface area contributed by atoms with E-state index in [0.717, 1.165) is 17.5 Å². The zero-order valence-electron chi connectivity index (χ0n) is 14.1. The summed E-state index contributed by atoms with van der Waals surface area (Å²) in [5.41, 5.74) is 3.18. The van der Waals surface area contributed by atoms with Crippen LogP contribution in [0.15, 0.2) is 59.1 Å². The lowest BCUT2D eigenvalue weighted by atomic mass is 10.1. The largest absolute Gasteiger partial charge is 0.396 e. The van der Waals surface area contributed by atoms with Crippen molar-refractivity contribution >= 4 is 0 Å². The van der Waals surface area contributed by atoms with Crippen molar-refractivity contribution in [2.24, 2.45) is 0 Å². The molecule has 25 heavy (non-hydrogen) atoms. The van der Waals surface area contributed by atoms with Crippen molar-refractivity contribution in [2.45, 2.75) is 25.9 Å². The molecule has 1 heterocycles. The second-order valence-corrected chi connectivity index (χ2v) is 5.82. The Morgan fingerprint density at radius 2 is 1.72 bits per heavy atom. The molecule has 0 fully saturated rings. The van der Waals surface area contributed by atoms with E-state index in [9.17, 15) is 0 Å². The number of nitrogens with zero attached hydrogens (tertiary/aromatic N) is 2. The molecule has 0 atom stereocenters. The van der Waals surface area contributed by atoms with Crippen LogP contribution in [-0.2, 0) is 24.2 Å². The van der Waals surface area contributed by atoms with Gasteiger partial charge in [0.25, 0.3) is 0 Å². The average molecular weight is 338 g/mol. The van der Waals surface area contributed by atoms with Crippen molar-refractivity contribution in [3.8, 4) is 11.4 Å². The SMILES string of the molecule is OCCc1ccc(-c2noc(CCCOCc3ccccc3)n2)cc1. The second kappa shape index (κ2) is 9.11. The van der Waals surface area contributed by atoms with Crippen LogP contribution in [0.2, 0.25) is 0 Å². The number of benzene rings is 2. The van der Waals surface area contributed by atoms with E-state index in [-0.39, 0.29) is 6.61 Å². The fraction of sp³-hybridized carbons (Fsp3) is 0.300. The second-order valence-electron chi connectivity index (χ2n) is 5.82. The molecule has 0 saturated carbocycles. The van der Waals surface area contributed by atoms with Crippen molar-refractivity contribution in [3.05, 3.63) is 71.6 Å². The zero-order valence-corrected chi connectivity index (χ0v) is 14.1. The number of aliphatic hydroxyl groups is 1. The number of hydrogen-bond donors (Lipinski definition) is 1. The predicted molar refractivity (Wildman–Crippen MR) is 94.9 cm³/mol. The molecule has 0 spiro atoms. The highest BCUT2D eigenvalue weighted by molar-refractivity contribution is 5.54. The van der Waals surface area contributed by atoms with E-state index in [1.807, 2.05) is 42.5 Å². The predicted octanol–water partition coefficient (Wildman–Crippen LogP) is 3.42. The van der Waals surface area contributed by atoms with Crippen molar-refractivity contribution in [2.75, 3.05) is 13.2 Å². The van der Waals surface area contributed by atoms with Gasteiger partial charge in [-0.1, -0.05) is 59.8 Å². The monoisotopic (exact) mass is 338 g/mol. The average Bonchev–Trinajstić information content (AvgIpc) is 3.12. The Labute approximate surface area is 147 Å². The Morgan fingerprint density at radius 1 is 0.920 bits per heavy atom. The third-order valence-corrected chi connectivity index (χ3v) is 3.87. The maximum Gasteiger partial charge on any atom is 0.227 e. The summed E-state index contributed by atoms with van der Waals surface area (Å²) in [5, 5.41) is 13.0. The summed E-state index contributed by atoms with van der Waals surface area (Å²) in [6.07, 6.45) is 2.19. The van der Waals surface area contributed by atoms with Gasteiger partial charge in [0.05, 0.1) is 6.61 Å².